The molecule has 0 unspecified atom stereocenters. The molecule has 0 spiro atoms. The Balaban J connectivity index is 1.71. The highest BCUT2D eigenvalue weighted by Crippen LogP contribution is 2.20. The number of H-pyrrole nitrogens is 1. The number of fused-ring (bicyclic) bond motifs is 1. The number of imidazole rings is 1. The first-order valence-electron chi connectivity index (χ1n) is 6.73. The lowest BCUT2D eigenvalue weighted by atomic mass is 10.3. The number of nitrogens with zero attached hydrogens (tertiary/aromatic N) is 3. The van der Waals surface area contributed by atoms with Crippen molar-refractivity contribution in [2.24, 2.45) is 7.05 Å². The molecule has 0 aliphatic heterocycles. The zero-order chi connectivity index (χ0) is 17.3. The van der Waals surface area contributed by atoms with Gasteiger partial charge in [-0.15, -0.1) is 0 Å². The summed E-state index contributed by atoms with van der Waals surface area (Å²) in [7, 11) is 1.67. The first kappa shape index (κ1) is 16.1. The molecular weight excluding hydrogens is 340 g/mol. The van der Waals surface area contributed by atoms with E-state index in [1.165, 1.54) is 6.33 Å². The van der Waals surface area contributed by atoms with Crippen LogP contribution in [0.1, 0.15) is 0 Å². The molecule has 0 saturated heterocycles. The zero-order valence-corrected chi connectivity index (χ0v) is 13.2. The molecule has 3 rings (SSSR count). The van der Waals surface area contributed by atoms with Gasteiger partial charge in [-0.3, -0.25) is 9.59 Å². The number of benzene rings is 1. The van der Waals surface area contributed by atoms with Crippen molar-refractivity contribution in [3.63, 3.8) is 0 Å². The number of anilines is 1. The largest absolute Gasteiger partial charge is 0.323 e. The van der Waals surface area contributed by atoms with E-state index in [0.29, 0.717) is 16.9 Å². The Morgan fingerprint density at radius 2 is 2.21 bits per heavy atom. The lowest BCUT2D eigenvalue weighted by Gasteiger charge is -2.06. The van der Waals surface area contributed by atoms with Gasteiger partial charge >= 0.3 is 0 Å². The van der Waals surface area contributed by atoms with E-state index in [4.69, 9.17) is 0 Å². The maximum absolute atomic E-state index is 13.5. The Morgan fingerprint density at radius 1 is 1.42 bits per heavy atom. The van der Waals surface area contributed by atoms with Gasteiger partial charge in [-0.1, -0.05) is 11.8 Å². The van der Waals surface area contributed by atoms with Crippen molar-refractivity contribution in [2.75, 3.05) is 11.1 Å². The van der Waals surface area contributed by atoms with Crippen LogP contribution in [-0.4, -0.2) is 31.2 Å². The van der Waals surface area contributed by atoms with Crippen LogP contribution in [0.4, 0.5) is 14.5 Å². The van der Waals surface area contributed by atoms with Crippen LogP contribution >= 0.6 is 11.8 Å². The number of thioether (sulfide) groups is 1. The van der Waals surface area contributed by atoms with Crippen LogP contribution in [0, 0.1) is 11.6 Å². The van der Waals surface area contributed by atoms with Crippen LogP contribution in [0.2, 0.25) is 0 Å². The lowest BCUT2D eigenvalue weighted by molar-refractivity contribution is -0.113. The van der Waals surface area contributed by atoms with E-state index in [2.05, 4.69) is 20.3 Å². The molecule has 124 valence electrons. The molecule has 7 nitrogen and oxygen atoms in total. The Bertz CT molecular complexity index is 985. The van der Waals surface area contributed by atoms with Crippen molar-refractivity contribution in [2.45, 2.75) is 5.16 Å². The summed E-state index contributed by atoms with van der Waals surface area (Å²) in [6.45, 7) is 0. The van der Waals surface area contributed by atoms with Gasteiger partial charge in [-0.2, -0.15) is 0 Å². The molecule has 0 atom stereocenters. The predicted octanol–water partition coefficient (Wildman–Crippen LogP) is 1.67. The van der Waals surface area contributed by atoms with Gasteiger partial charge in [0.25, 0.3) is 5.56 Å². The van der Waals surface area contributed by atoms with Crippen molar-refractivity contribution in [3.05, 3.63) is 46.5 Å². The van der Waals surface area contributed by atoms with Crippen molar-refractivity contribution in [1.29, 1.82) is 0 Å². The van der Waals surface area contributed by atoms with Crippen LogP contribution in [0.15, 0.2) is 34.5 Å². The minimum Gasteiger partial charge on any atom is -0.323 e. The van der Waals surface area contributed by atoms with Gasteiger partial charge in [0.2, 0.25) is 5.91 Å². The summed E-state index contributed by atoms with van der Waals surface area (Å²) in [5.74, 6) is -2.13. The molecule has 2 aromatic heterocycles. The molecule has 0 fully saturated rings. The van der Waals surface area contributed by atoms with Crippen molar-refractivity contribution in [3.8, 4) is 0 Å². The third kappa shape index (κ3) is 3.13. The summed E-state index contributed by atoms with van der Waals surface area (Å²) >= 11 is 1.07. The maximum Gasteiger partial charge on any atom is 0.278 e. The van der Waals surface area contributed by atoms with Crippen molar-refractivity contribution < 1.29 is 13.6 Å². The molecular formula is C14H11F2N5O2S. The number of hydrogen-bond acceptors (Lipinski definition) is 5. The van der Waals surface area contributed by atoms with Gasteiger partial charge in [0, 0.05) is 13.1 Å². The Hall–Kier alpha value is -2.75. The number of halogens is 2. The first-order chi connectivity index (χ1) is 11.5. The fraction of sp³-hybridized carbons (Fsp3) is 0.143. The molecule has 0 aliphatic carbocycles. The number of rotatable bonds is 4. The smallest absolute Gasteiger partial charge is 0.278 e. The Morgan fingerprint density at radius 3 is 2.92 bits per heavy atom. The van der Waals surface area contributed by atoms with Gasteiger partial charge in [0.1, 0.15) is 11.6 Å². The number of carbonyl (C=O) groups is 1. The molecule has 0 radical (unpaired) electrons. The molecule has 2 N–H and O–H groups in total. The van der Waals surface area contributed by atoms with Crippen LogP contribution in [0.25, 0.3) is 11.2 Å². The molecule has 0 aliphatic rings. The summed E-state index contributed by atoms with van der Waals surface area (Å²) in [6, 6.07) is 2.88. The molecule has 0 bridgehead atoms. The fourth-order valence-corrected chi connectivity index (χ4v) is 2.80. The second-order valence-corrected chi connectivity index (χ2v) is 5.76. The Labute approximate surface area is 138 Å². The average molecular weight is 351 g/mol. The lowest BCUT2D eigenvalue weighted by Crippen LogP contribution is -2.15. The number of carbonyl (C=O) groups excluding carboxylic acids is 1. The van der Waals surface area contributed by atoms with E-state index in [1.807, 2.05) is 0 Å². The van der Waals surface area contributed by atoms with E-state index < -0.39 is 17.5 Å². The van der Waals surface area contributed by atoms with Gasteiger partial charge in [0.15, 0.2) is 16.3 Å². The number of aryl methyl sites for hydroxylation is 1. The predicted molar refractivity (Wildman–Crippen MR) is 84.8 cm³/mol. The highest BCUT2D eigenvalue weighted by Gasteiger charge is 2.14. The fourth-order valence-electron chi connectivity index (χ4n) is 2.03. The molecule has 2 heterocycles. The first-order valence-corrected chi connectivity index (χ1v) is 7.72. The zero-order valence-electron chi connectivity index (χ0n) is 12.3. The number of aromatic nitrogens is 4. The molecule has 24 heavy (non-hydrogen) atoms. The maximum atomic E-state index is 13.5. The highest BCUT2D eigenvalue weighted by atomic mass is 32.2. The minimum absolute atomic E-state index is 0.0636. The summed E-state index contributed by atoms with van der Waals surface area (Å²) < 4.78 is 27.9. The SMILES string of the molecule is Cn1c(SCC(=O)Nc2ccc(F)cc2F)nc2c(=O)[nH]cnc21. The molecule has 10 heteroatoms. The van der Waals surface area contributed by atoms with Gasteiger partial charge in [-0.05, 0) is 12.1 Å². The van der Waals surface area contributed by atoms with E-state index >= 15 is 0 Å². The number of nitrogens with one attached hydrogen (secondary N) is 2. The Kier molecular flexibility index (Phi) is 4.30. The quantitative estimate of drug-likeness (QED) is 0.698. The van der Waals surface area contributed by atoms with Crippen LogP contribution in [0.3, 0.4) is 0 Å². The average Bonchev–Trinajstić information content (AvgIpc) is 2.86. The van der Waals surface area contributed by atoms with Gasteiger partial charge < -0.3 is 14.9 Å². The van der Waals surface area contributed by atoms with E-state index in [1.54, 1.807) is 11.6 Å². The third-order valence-corrected chi connectivity index (χ3v) is 4.19. The van der Waals surface area contributed by atoms with Gasteiger partial charge in [-0.25, -0.2) is 18.7 Å². The normalized spacial score (nSPS) is 11.0. The molecule has 0 saturated carbocycles. The van der Waals surface area contributed by atoms with Crippen molar-refractivity contribution >= 4 is 34.5 Å². The third-order valence-electron chi connectivity index (χ3n) is 3.16. The molecule has 1 amide bonds. The molecule has 3 aromatic rings. The van der Waals surface area contributed by atoms with Crippen LogP contribution in [0.5, 0.6) is 0 Å². The monoisotopic (exact) mass is 351 g/mol. The van der Waals surface area contributed by atoms with Crippen LogP contribution < -0.4 is 10.9 Å². The number of amides is 1. The minimum atomic E-state index is -0.855. The summed E-state index contributed by atoms with van der Waals surface area (Å²) in [6.07, 6.45) is 1.27. The highest BCUT2D eigenvalue weighted by molar-refractivity contribution is 7.99. The topological polar surface area (TPSA) is 92.7 Å². The second kappa shape index (κ2) is 6.40. The molecule has 1 aromatic carbocycles. The standard InChI is InChI=1S/C14H11F2N5O2S/c1-21-12-11(13(23)18-6-17-12)20-14(21)24-5-10(22)19-9-3-2-7(15)4-8(9)16/h2-4,6H,5H2,1H3,(H,19,22)(H,17,18,23). The summed E-state index contributed by atoms with van der Waals surface area (Å²) in [5.41, 5.74) is 0.0871. The van der Waals surface area contributed by atoms with Crippen molar-refractivity contribution in [1.82, 2.24) is 19.5 Å². The second-order valence-electron chi connectivity index (χ2n) is 4.82. The van der Waals surface area contributed by atoms with E-state index in [-0.39, 0.29) is 22.5 Å². The number of aromatic amines is 1. The summed E-state index contributed by atoms with van der Waals surface area (Å²) in [5, 5.41) is 2.77. The van der Waals surface area contributed by atoms with E-state index in [9.17, 15) is 18.4 Å². The van der Waals surface area contributed by atoms with E-state index in [0.717, 1.165) is 23.9 Å². The summed E-state index contributed by atoms with van der Waals surface area (Å²) in [4.78, 5) is 34.1. The van der Waals surface area contributed by atoms with Gasteiger partial charge in [0.05, 0.1) is 17.8 Å². The van der Waals surface area contributed by atoms with Crippen LogP contribution in [-0.2, 0) is 11.8 Å². The number of hydrogen-bond donors (Lipinski definition) is 2.